The van der Waals surface area contributed by atoms with E-state index in [1.807, 2.05) is 6.07 Å². The minimum atomic E-state index is 0.932. The average molecular weight is 250 g/mol. The van der Waals surface area contributed by atoms with E-state index in [-0.39, 0.29) is 0 Å². The lowest BCUT2D eigenvalue weighted by Gasteiger charge is -2.08. The Bertz CT molecular complexity index is 668. The zero-order valence-corrected chi connectivity index (χ0v) is 11.1. The lowest BCUT2D eigenvalue weighted by Crippen LogP contribution is -2.09. The number of para-hydroxylation sites is 1. The van der Waals surface area contributed by atoms with Crippen LogP contribution in [0.1, 0.15) is 5.56 Å². The maximum Gasteiger partial charge on any atom is 0.0483 e. The molecule has 0 aliphatic rings. The molecule has 0 aliphatic carbocycles. The van der Waals surface area contributed by atoms with E-state index in [1.54, 1.807) is 0 Å². The summed E-state index contributed by atoms with van der Waals surface area (Å²) < 4.78 is 2.30. The third-order valence-corrected chi connectivity index (χ3v) is 3.39. The SMILES string of the molecule is Cc1ccc2ccn(CCNc3ccccc3)c2c1. The van der Waals surface area contributed by atoms with Gasteiger partial charge in [0.05, 0.1) is 0 Å². The van der Waals surface area contributed by atoms with Gasteiger partial charge in [-0.1, -0.05) is 30.3 Å². The van der Waals surface area contributed by atoms with Crippen molar-refractivity contribution in [2.24, 2.45) is 0 Å². The van der Waals surface area contributed by atoms with Crippen LogP contribution in [0.25, 0.3) is 10.9 Å². The lowest BCUT2D eigenvalue weighted by molar-refractivity contribution is 0.757. The normalized spacial score (nSPS) is 10.8. The van der Waals surface area contributed by atoms with E-state index >= 15 is 0 Å². The Labute approximate surface area is 113 Å². The standard InChI is InChI=1S/C17H18N2/c1-14-7-8-15-9-11-19(17(15)13-14)12-10-18-16-5-3-2-4-6-16/h2-9,11,13,18H,10,12H2,1H3. The molecular formula is C17H18N2. The number of hydrogen-bond donors (Lipinski definition) is 1. The Balaban J connectivity index is 1.70. The summed E-state index contributed by atoms with van der Waals surface area (Å²) in [4.78, 5) is 0. The molecule has 96 valence electrons. The molecule has 3 aromatic rings. The van der Waals surface area contributed by atoms with Gasteiger partial charge >= 0.3 is 0 Å². The number of hydrogen-bond acceptors (Lipinski definition) is 1. The molecule has 2 aromatic carbocycles. The van der Waals surface area contributed by atoms with Gasteiger partial charge in [0.2, 0.25) is 0 Å². The highest BCUT2D eigenvalue weighted by Gasteiger charge is 2.00. The summed E-state index contributed by atoms with van der Waals surface area (Å²) in [7, 11) is 0. The molecule has 19 heavy (non-hydrogen) atoms. The topological polar surface area (TPSA) is 17.0 Å². The minimum Gasteiger partial charge on any atom is -0.383 e. The molecule has 1 aromatic heterocycles. The van der Waals surface area contributed by atoms with Gasteiger partial charge < -0.3 is 9.88 Å². The number of rotatable bonds is 4. The minimum absolute atomic E-state index is 0.932. The summed E-state index contributed by atoms with van der Waals surface area (Å²) in [6.07, 6.45) is 2.16. The Kier molecular flexibility index (Phi) is 3.23. The molecule has 1 N–H and O–H groups in total. The van der Waals surface area contributed by atoms with Crippen molar-refractivity contribution in [2.45, 2.75) is 13.5 Å². The van der Waals surface area contributed by atoms with E-state index < -0.39 is 0 Å². The highest BCUT2D eigenvalue weighted by atomic mass is 15.0. The number of aromatic nitrogens is 1. The first-order chi connectivity index (χ1) is 9.33. The van der Waals surface area contributed by atoms with Crippen LogP contribution in [-0.4, -0.2) is 11.1 Å². The Hall–Kier alpha value is -2.22. The van der Waals surface area contributed by atoms with Crippen LogP contribution in [-0.2, 0) is 6.54 Å². The van der Waals surface area contributed by atoms with Gasteiger partial charge in [0.25, 0.3) is 0 Å². The Morgan fingerprint density at radius 3 is 2.68 bits per heavy atom. The van der Waals surface area contributed by atoms with Crippen LogP contribution in [0.4, 0.5) is 5.69 Å². The van der Waals surface area contributed by atoms with Crippen LogP contribution in [0.2, 0.25) is 0 Å². The van der Waals surface area contributed by atoms with E-state index in [2.05, 4.69) is 71.5 Å². The molecule has 0 aliphatic heterocycles. The van der Waals surface area contributed by atoms with Crippen molar-refractivity contribution in [1.29, 1.82) is 0 Å². The average Bonchev–Trinajstić information content (AvgIpc) is 2.83. The lowest BCUT2D eigenvalue weighted by atomic mass is 10.2. The summed E-state index contributed by atoms with van der Waals surface area (Å²) in [5.74, 6) is 0. The van der Waals surface area contributed by atoms with Crippen LogP contribution in [0.15, 0.2) is 60.8 Å². The number of benzene rings is 2. The molecule has 2 nitrogen and oxygen atoms in total. The van der Waals surface area contributed by atoms with Crippen molar-refractivity contribution in [3.8, 4) is 0 Å². The fourth-order valence-corrected chi connectivity index (χ4v) is 2.37. The summed E-state index contributed by atoms with van der Waals surface area (Å²) in [6, 6.07) is 19.1. The van der Waals surface area contributed by atoms with Gasteiger partial charge in [0.15, 0.2) is 0 Å². The summed E-state index contributed by atoms with van der Waals surface area (Å²) in [5, 5.41) is 4.75. The summed E-state index contributed by atoms with van der Waals surface area (Å²) in [6.45, 7) is 4.04. The number of aryl methyl sites for hydroxylation is 1. The van der Waals surface area contributed by atoms with Gasteiger partial charge in [-0.3, -0.25) is 0 Å². The second-order valence-electron chi connectivity index (χ2n) is 4.86. The van der Waals surface area contributed by atoms with Crippen molar-refractivity contribution < 1.29 is 0 Å². The first-order valence-corrected chi connectivity index (χ1v) is 6.67. The molecule has 0 bridgehead atoms. The molecule has 2 heteroatoms. The second-order valence-corrected chi connectivity index (χ2v) is 4.86. The molecular weight excluding hydrogens is 232 g/mol. The molecule has 3 rings (SSSR count). The van der Waals surface area contributed by atoms with Gasteiger partial charge in [0, 0.05) is 30.5 Å². The third-order valence-electron chi connectivity index (χ3n) is 3.39. The molecule has 0 atom stereocenters. The zero-order chi connectivity index (χ0) is 13.1. The zero-order valence-electron chi connectivity index (χ0n) is 11.1. The highest BCUT2D eigenvalue weighted by Crippen LogP contribution is 2.17. The molecule has 0 saturated heterocycles. The highest BCUT2D eigenvalue weighted by molar-refractivity contribution is 5.80. The predicted octanol–water partition coefficient (Wildman–Crippen LogP) is 4.06. The molecule has 0 unspecified atom stereocenters. The molecule has 0 radical (unpaired) electrons. The first kappa shape index (κ1) is 11.8. The molecule has 0 spiro atoms. The quantitative estimate of drug-likeness (QED) is 0.738. The van der Waals surface area contributed by atoms with Gasteiger partial charge in [-0.2, -0.15) is 0 Å². The summed E-state index contributed by atoms with van der Waals surface area (Å²) in [5.41, 5.74) is 3.80. The van der Waals surface area contributed by atoms with E-state index in [9.17, 15) is 0 Å². The maximum absolute atomic E-state index is 3.44. The molecule has 0 saturated carbocycles. The smallest absolute Gasteiger partial charge is 0.0483 e. The fraction of sp³-hybridized carbons (Fsp3) is 0.176. The number of anilines is 1. The van der Waals surface area contributed by atoms with Gasteiger partial charge in [-0.25, -0.2) is 0 Å². The van der Waals surface area contributed by atoms with Crippen molar-refractivity contribution in [1.82, 2.24) is 4.57 Å². The van der Waals surface area contributed by atoms with Crippen LogP contribution in [0, 0.1) is 6.92 Å². The van der Waals surface area contributed by atoms with Gasteiger partial charge in [-0.15, -0.1) is 0 Å². The summed E-state index contributed by atoms with van der Waals surface area (Å²) >= 11 is 0. The van der Waals surface area contributed by atoms with Gasteiger partial charge in [0.1, 0.15) is 0 Å². The van der Waals surface area contributed by atoms with Crippen molar-refractivity contribution >= 4 is 16.6 Å². The Morgan fingerprint density at radius 1 is 1.00 bits per heavy atom. The monoisotopic (exact) mass is 250 g/mol. The largest absolute Gasteiger partial charge is 0.383 e. The molecule has 0 fully saturated rings. The maximum atomic E-state index is 3.44. The van der Waals surface area contributed by atoms with Crippen LogP contribution >= 0.6 is 0 Å². The first-order valence-electron chi connectivity index (χ1n) is 6.67. The van der Waals surface area contributed by atoms with Crippen LogP contribution < -0.4 is 5.32 Å². The third kappa shape index (κ3) is 2.63. The number of nitrogens with one attached hydrogen (secondary N) is 1. The molecule has 1 heterocycles. The second kappa shape index (κ2) is 5.19. The van der Waals surface area contributed by atoms with Crippen LogP contribution in [0.5, 0.6) is 0 Å². The fourth-order valence-electron chi connectivity index (χ4n) is 2.37. The van der Waals surface area contributed by atoms with Gasteiger partial charge in [-0.05, 0) is 42.1 Å². The van der Waals surface area contributed by atoms with Crippen LogP contribution in [0.3, 0.4) is 0 Å². The van der Waals surface area contributed by atoms with E-state index in [0.717, 1.165) is 13.1 Å². The predicted molar refractivity (Wildman–Crippen MR) is 81.6 cm³/mol. The number of nitrogens with zero attached hydrogens (tertiary/aromatic N) is 1. The Morgan fingerprint density at radius 2 is 1.84 bits per heavy atom. The van der Waals surface area contributed by atoms with E-state index in [4.69, 9.17) is 0 Å². The van der Waals surface area contributed by atoms with Crippen molar-refractivity contribution in [3.05, 3.63) is 66.4 Å². The van der Waals surface area contributed by atoms with Crippen molar-refractivity contribution in [3.63, 3.8) is 0 Å². The molecule has 0 amide bonds. The van der Waals surface area contributed by atoms with E-state index in [1.165, 1.54) is 22.2 Å². The van der Waals surface area contributed by atoms with E-state index in [0.29, 0.717) is 0 Å². The number of fused-ring (bicyclic) bond motifs is 1. The van der Waals surface area contributed by atoms with Crippen molar-refractivity contribution in [2.75, 3.05) is 11.9 Å².